The van der Waals surface area contributed by atoms with Crippen molar-refractivity contribution in [1.29, 1.82) is 0 Å². The van der Waals surface area contributed by atoms with E-state index in [1.54, 1.807) is 25.1 Å². The highest BCUT2D eigenvalue weighted by Gasteiger charge is 2.34. The Bertz CT molecular complexity index is 1480. The van der Waals surface area contributed by atoms with Crippen LogP contribution >= 0.6 is 0 Å². The lowest BCUT2D eigenvalue weighted by Gasteiger charge is -2.33. The summed E-state index contributed by atoms with van der Waals surface area (Å²) in [6, 6.07) is 15.4. The maximum atomic E-state index is 14.1. The third kappa shape index (κ3) is 7.79. The van der Waals surface area contributed by atoms with Gasteiger partial charge < -0.3 is 19.7 Å². The number of methoxy groups -OCH3 is 2. The molecule has 0 unspecified atom stereocenters. The highest BCUT2D eigenvalue weighted by molar-refractivity contribution is 7.92. The summed E-state index contributed by atoms with van der Waals surface area (Å²) in [7, 11) is -1.37. The fourth-order valence-electron chi connectivity index (χ4n) is 4.43. The smallest absolute Gasteiger partial charge is 0.264 e. The summed E-state index contributed by atoms with van der Waals surface area (Å²) in [5.41, 5.74) is 1.62. The molecule has 3 rings (SSSR count). The van der Waals surface area contributed by atoms with Crippen molar-refractivity contribution in [2.75, 3.05) is 25.1 Å². The van der Waals surface area contributed by atoms with E-state index in [0.29, 0.717) is 11.3 Å². The van der Waals surface area contributed by atoms with Gasteiger partial charge in [0.05, 0.1) is 24.8 Å². The molecule has 0 heterocycles. The normalized spacial score (nSPS) is 12.0. The molecule has 226 valence electrons. The number of nitrogens with zero attached hydrogens (tertiary/aromatic N) is 2. The summed E-state index contributed by atoms with van der Waals surface area (Å²) in [5.74, 6) is -0.769. The first-order chi connectivity index (χ1) is 19.9. The summed E-state index contributed by atoms with van der Waals surface area (Å²) in [5, 5.41) is 2.84. The summed E-state index contributed by atoms with van der Waals surface area (Å²) in [6.45, 7) is 6.58. The Balaban J connectivity index is 2.12. The van der Waals surface area contributed by atoms with Gasteiger partial charge in [0.1, 0.15) is 18.4 Å². The first kappa shape index (κ1) is 32.4. The number of halogens is 1. The van der Waals surface area contributed by atoms with E-state index in [-0.39, 0.29) is 41.2 Å². The molecule has 0 aliphatic rings. The molecule has 1 atom stereocenters. The van der Waals surface area contributed by atoms with E-state index >= 15 is 0 Å². The molecule has 11 heteroatoms. The zero-order valence-electron chi connectivity index (χ0n) is 24.8. The molecule has 0 radical (unpaired) electrons. The van der Waals surface area contributed by atoms with Crippen molar-refractivity contribution in [3.63, 3.8) is 0 Å². The number of ether oxygens (including phenoxy) is 2. The van der Waals surface area contributed by atoms with Gasteiger partial charge in [0, 0.05) is 18.7 Å². The molecule has 3 aromatic carbocycles. The second kappa shape index (κ2) is 14.2. The molecule has 42 heavy (non-hydrogen) atoms. The lowest BCUT2D eigenvalue weighted by atomic mass is 10.1. The fraction of sp³-hybridized carbons (Fsp3) is 0.355. The third-order valence-electron chi connectivity index (χ3n) is 6.63. The van der Waals surface area contributed by atoms with Crippen LogP contribution in [0.25, 0.3) is 0 Å². The zero-order valence-corrected chi connectivity index (χ0v) is 25.6. The minimum Gasteiger partial charge on any atom is -0.493 e. The average Bonchev–Trinajstić information content (AvgIpc) is 2.96. The maximum absolute atomic E-state index is 14.1. The summed E-state index contributed by atoms with van der Waals surface area (Å²) >= 11 is 0. The number of amides is 2. The van der Waals surface area contributed by atoms with Crippen molar-refractivity contribution in [2.24, 2.45) is 0 Å². The lowest BCUT2D eigenvalue weighted by molar-refractivity contribution is -0.140. The molecule has 0 fully saturated rings. The first-order valence-corrected chi connectivity index (χ1v) is 15.0. The largest absolute Gasteiger partial charge is 0.493 e. The monoisotopic (exact) mass is 599 g/mol. The molecule has 0 aliphatic heterocycles. The van der Waals surface area contributed by atoms with Crippen LogP contribution in [-0.4, -0.2) is 58.0 Å². The topological polar surface area (TPSA) is 105 Å². The van der Waals surface area contributed by atoms with Gasteiger partial charge in [-0.05, 0) is 69.2 Å². The number of rotatable bonds is 13. The van der Waals surface area contributed by atoms with E-state index in [1.807, 2.05) is 20.8 Å². The highest BCUT2D eigenvalue weighted by atomic mass is 32.2. The molecule has 0 saturated heterocycles. The molecule has 1 N–H and O–H groups in total. The van der Waals surface area contributed by atoms with Gasteiger partial charge in [0.15, 0.2) is 11.5 Å². The first-order valence-electron chi connectivity index (χ1n) is 13.6. The van der Waals surface area contributed by atoms with Gasteiger partial charge in [0.25, 0.3) is 10.0 Å². The number of aryl methyl sites for hydroxylation is 1. The van der Waals surface area contributed by atoms with Crippen molar-refractivity contribution >= 4 is 27.5 Å². The fourth-order valence-corrected chi connectivity index (χ4v) is 5.84. The second-order valence-corrected chi connectivity index (χ2v) is 12.0. The molecular weight excluding hydrogens is 561 g/mol. The van der Waals surface area contributed by atoms with Crippen molar-refractivity contribution in [3.05, 3.63) is 83.7 Å². The number of sulfonamides is 1. The summed E-state index contributed by atoms with van der Waals surface area (Å²) in [6.07, 6.45) is 0.270. The van der Waals surface area contributed by atoms with Crippen LogP contribution in [0, 0.1) is 12.7 Å². The van der Waals surface area contributed by atoms with E-state index in [1.165, 1.54) is 67.7 Å². The molecule has 0 spiro atoms. The SMILES string of the molecule is CC[C@H](C(=O)NC(C)C)N(Cc1ccc(F)cc1)C(=O)CN(c1ccc(OC)c(OC)c1)S(=O)(=O)c1ccc(C)cc1. The van der Waals surface area contributed by atoms with Crippen LogP contribution in [-0.2, 0) is 26.2 Å². The summed E-state index contributed by atoms with van der Waals surface area (Å²) in [4.78, 5) is 28.6. The molecule has 9 nitrogen and oxygen atoms in total. The number of nitrogens with one attached hydrogen (secondary N) is 1. The van der Waals surface area contributed by atoms with Gasteiger partial charge in [-0.15, -0.1) is 0 Å². The van der Waals surface area contributed by atoms with E-state index in [9.17, 15) is 22.4 Å². The number of carbonyl (C=O) groups is 2. The Morgan fingerprint density at radius 1 is 0.929 bits per heavy atom. The minimum absolute atomic E-state index is 0.00892. The Morgan fingerprint density at radius 3 is 2.10 bits per heavy atom. The van der Waals surface area contributed by atoms with Crippen LogP contribution < -0.4 is 19.1 Å². The number of hydrogen-bond acceptors (Lipinski definition) is 6. The molecule has 0 aromatic heterocycles. The summed E-state index contributed by atoms with van der Waals surface area (Å²) < 4.78 is 53.4. The van der Waals surface area contributed by atoms with Crippen molar-refractivity contribution in [2.45, 2.75) is 57.6 Å². The maximum Gasteiger partial charge on any atom is 0.264 e. The second-order valence-electron chi connectivity index (χ2n) is 10.1. The van der Waals surface area contributed by atoms with Crippen LogP contribution in [0.15, 0.2) is 71.6 Å². The van der Waals surface area contributed by atoms with Crippen molar-refractivity contribution in [3.8, 4) is 11.5 Å². The van der Waals surface area contributed by atoms with Crippen LogP contribution in [0.5, 0.6) is 11.5 Å². The van der Waals surface area contributed by atoms with E-state index in [0.717, 1.165) is 9.87 Å². The van der Waals surface area contributed by atoms with Crippen molar-refractivity contribution in [1.82, 2.24) is 10.2 Å². The van der Waals surface area contributed by atoms with Gasteiger partial charge in [-0.1, -0.05) is 36.8 Å². The highest BCUT2D eigenvalue weighted by Crippen LogP contribution is 2.34. The zero-order chi connectivity index (χ0) is 31.0. The van der Waals surface area contributed by atoms with Gasteiger partial charge in [-0.3, -0.25) is 13.9 Å². The number of hydrogen-bond donors (Lipinski definition) is 1. The average molecular weight is 600 g/mol. The van der Waals surface area contributed by atoms with Crippen LogP contribution in [0.2, 0.25) is 0 Å². The van der Waals surface area contributed by atoms with Crippen LogP contribution in [0.1, 0.15) is 38.3 Å². The Labute approximate surface area is 247 Å². The predicted molar refractivity (Wildman–Crippen MR) is 160 cm³/mol. The van der Waals surface area contributed by atoms with E-state index < -0.39 is 34.3 Å². The molecule has 2 amide bonds. The number of carbonyl (C=O) groups excluding carboxylic acids is 2. The van der Waals surface area contributed by atoms with Crippen LogP contribution in [0.3, 0.4) is 0 Å². The van der Waals surface area contributed by atoms with Crippen molar-refractivity contribution < 1.29 is 31.9 Å². The van der Waals surface area contributed by atoms with Gasteiger partial charge in [-0.2, -0.15) is 0 Å². The van der Waals surface area contributed by atoms with Crippen LogP contribution in [0.4, 0.5) is 10.1 Å². The standard InChI is InChI=1S/C31H38FN3O6S/c1-7-27(31(37)33-21(2)3)34(19-23-10-12-24(32)13-11-23)30(36)20-35(25-14-17-28(40-5)29(18-25)41-6)42(38,39)26-15-8-22(4)9-16-26/h8-18,21,27H,7,19-20H2,1-6H3,(H,33,37)/t27-/m1/s1. The Kier molecular flexibility index (Phi) is 10.9. The Hall–Kier alpha value is -4.12. The molecule has 3 aromatic rings. The van der Waals surface area contributed by atoms with E-state index in [2.05, 4.69) is 5.32 Å². The van der Waals surface area contributed by atoms with Gasteiger partial charge >= 0.3 is 0 Å². The van der Waals surface area contributed by atoms with Gasteiger partial charge in [-0.25, -0.2) is 12.8 Å². The Morgan fingerprint density at radius 2 is 1.55 bits per heavy atom. The van der Waals surface area contributed by atoms with Gasteiger partial charge in [0.2, 0.25) is 11.8 Å². The quantitative estimate of drug-likeness (QED) is 0.306. The third-order valence-corrected chi connectivity index (χ3v) is 8.41. The number of anilines is 1. The predicted octanol–water partition coefficient (Wildman–Crippen LogP) is 4.68. The minimum atomic E-state index is -4.25. The molecule has 0 aliphatic carbocycles. The van der Waals surface area contributed by atoms with E-state index in [4.69, 9.17) is 9.47 Å². The molecular formula is C31H38FN3O6S. The number of benzene rings is 3. The molecule has 0 saturated carbocycles. The molecule has 0 bridgehead atoms. The lowest BCUT2D eigenvalue weighted by Crippen LogP contribution is -2.53.